The highest BCUT2D eigenvalue weighted by atomic mass is 79.9. The number of halogens is 2. The lowest BCUT2D eigenvalue weighted by Crippen LogP contribution is -2.11. The van der Waals surface area contributed by atoms with Gasteiger partial charge < -0.3 is 8.83 Å². The summed E-state index contributed by atoms with van der Waals surface area (Å²) in [6.45, 7) is 12.0. The van der Waals surface area contributed by atoms with Gasteiger partial charge in [-0.05, 0) is 31.9 Å². The van der Waals surface area contributed by atoms with Crippen molar-refractivity contribution in [1.29, 1.82) is 0 Å². The maximum Gasteiger partial charge on any atom is 0.302 e. The van der Waals surface area contributed by atoms with Gasteiger partial charge in [-0.25, -0.2) is 15.0 Å². The van der Waals surface area contributed by atoms with Crippen LogP contribution in [0.5, 0.6) is 0 Å². The van der Waals surface area contributed by atoms with Crippen LogP contribution in [0.2, 0.25) is 0 Å². The van der Waals surface area contributed by atoms with Crippen molar-refractivity contribution in [3.05, 3.63) is 43.0 Å². The topological polar surface area (TPSA) is 108 Å². The van der Waals surface area contributed by atoms with E-state index in [1.54, 1.807) is 0 Å². The zero-order valence-corrected chi connectivity index (χ0v) is 20.0. The molecule has 0 unspecified atom stereocenters. The molecule has 0 aliphatic carbocycles. The average Bonchev–Trinajstić information content (AvgIpc) is 3.23. The predicted molar refractivity (Wildman–Crippen MR) is 115 cm³/mol. The fourth-order valence-corrected chi connectivity index (χ4v) is 3.90. The average molecular weight is 528 g/mol. The molecule has 0 N–H and O–H groups in total. The summed E-state index contributed by atoms with van der Waals surface area (Å²) in [6.07, 6.45) is 3.06. The smallest absolute Gasteiger partial charge is 0.302 e. The van der Waals surface area contributed by atoms with Crippen LogP contribution >= 0.6 is 31.9 Å². The van der Waals surface area contributed by atoms with E-state index in [9.17, 15) is 10.1 Å². The number of aromatic nitrogens is 3. The third kappa shape index (κ3) is 4.13. The van der Waals surface area contributed by atoms with Crippen molar-refractivity contribution in [2.24, 2.45) is 0 Å². The lowest BCUT2D eigenvalue weighted by Gasteiger charge is -2.13. The first-order chi connectivity index (χ1) is 13.3. The maximum absolute atomic E-state index is 11.8. The quantitative estimate of drug-likeness (QED) is 0.285. The Kier molecular flexibility index (Phi) is 5.46. The molecule has 0 aliphatic rings. The van der Waals surface area contributed by atoms with E-state index in [2.05, 4.69) is 46.8 Å². The number of pyridine rings is 1. The minimum atomic E-state index is -0.510. The molecule has 3 aromatic heterocycles. The molecule has 0 amide bonds. The lowest BCUT2D eigenvalue weighted by atomic mass is 9.93. The third-order valence-electron chi connectivity index (χ3n) is 4.19. The first kappa shape index (κ1) is 21.6. The van der Waals surface area contributed by atoms with Gasteiger partial charge in [-0.15, -0.1) is 0 Å². The standard InChI is InChI=1S/C19H20Br2N4O4/c1-18(2,3)9-7-28-16(22-9)13-11(20)15(25(26)27)12(21)14(24-13)17-23-10(8-29-17)19(4,5)6/h7-8H,1-6H3. The Labute approximate surface area is 184 Å². The van der Waals surface area contributed by atoms with Gasteiger partial charge in [0.15, 0.2) is 0 Å². The Morgan fingerprint density at radius 2 is 1.21 bits per heavy atom. The molecule has 0 saturated heterocycles. The zero-order valence-electron chi connectivity index (χ0n) is 16.8. The molecule has 29 heavy (non-hydrogen) atoms. The minimum absolute atomic E-state index is 0.156. The second-order valence-electron chi connectivity index (χ2n) is 8.62. The van der Waals surface area contributed by atoms with E-state index in [0.717, 1.165) is 0 Å². The predicted octanol–water partition coefficient (Wildman–Crippen LogP) is 6.42. The first-order valence-electron chi connectivity index (χ1n) is 8.77. The van der Waals surface area contributed by atoms with E-state index in [-0.39, 0.29) is 48.6 Å². The molecule has 0 aliphatic heterocycles. The molecule has 0 fully saturated rings. The van der Waals surface area contributed by atoms with Crippen molar-refractivity contribution < 1.29 is 13.8 Å². The molecule has 3 aromatic rings. The zero-order chi connectivity index (χ0) is 21.7. The lowest BCUT2D eigenvalue weighted by molar-refractivity contribution is -0.386. The van der Waals surface area contributed by atoms with Crippen LogP contribution in [0.1, 0.15) is 52.9 Å². The third-order valence-corrected chi connectivity index (χ3v) is 5.69. The fraction of sp³-hybridized carbons (Fsp3) is 0.421. The van der Waals surface area contributed by atoms with Crippen LogP contribution in [0.4, 0.5) is 5.69 Å². The molecule has 0 radical (unpaired) electrons. The molecule has 10 heteroatoms. The molecule has 3 heterocycles. The molecule has 0 atom stereocenters. The molecular weight excluding hydrogens is 508 g/mol. The van der Waals surface area contributed by atoms with Gasteiger partial charge >= 0.3 is 5.69 Å². The number of oxazole rings is 2. The normalized spacial score (nSPS) is 12.4. The van der Waals surface area contributed by atoms with Crippen molar-refractivity contribution in [2.75, 3.05) is 0 Å². The molecule has 154 valence electrons. The Bertz CT molecular complexity index is 1010. The molecule has 3 rings (SSSR count). The van der Waals surface area contributed by atoms with Gasteiger partial charge in [0.25, 0.3) is 0 Å². The molecule has 8 nitrogen and oxygen atoms in total. The Balaban J connectivity index is 2.24. The van der Waals surface area contributed by atoms with Crippen molar-refractivity contribution in [3.8, 4) is 23.2 Å². The fourth-order valence-electron chi connectivity index (χ4n) is 2.43. The second-order valence-corrected chi connectivity index (χ2v) is 10.2. The Hall–Kier alpha value is -2.07. The van der Waals surface area contributed by atoms with Crippen LogP contribution in [-0.2, 0) is 10.8 Å². The van der Waals surface area contributed by atoms with E-state index in [1.165, 1.54) is 12.5 Å². The van der Waals surface area contributed by atoms with Gasteiger partial charge in [-0.3, -0.25) is 10.1 Å². The van der Waals surface area contributed by atoms with Crippen LogP contribution < -0.4 is 0 Å². The Morgan fingerprint density at radius 1 is 0.828 bits per heavy atom. The van der Waals surface area contributed by atoms with Crippen LogP contribution in [0.15, 0.2) is 30.3 Å². The van der Waals surface area contributed by atoms with E-state index >= 15 is 0 Å². The summed E-state index contributed by atoms with van der Waals surface area (Å²) in [6, 6.07) is 0. The summed E-state index contributed by atoms with van der Waals surface area (Å²) < 4.78 is 11.5. The van der Waals surface area contributed by atoms with Crippen molar-refractivity contribution >= 4 is 37.5 Å². The van der Waals surface area contributed by atoms with Gasteiger partial charge in [0.05, 0.1) is 16.3 Å². The highest BCUT2D eigenvalue weighted by Crippen LogP contribution is 2.44. The molecule has 0 aromatic carbocycles. The van der Waals surface area contributed by atoms with Crippen LogP contribution in [0, 0.1) is 10.1 Å². The largest absolute Gasteiger partial charge is 0.443 e. The van der Waals surface area contributed by atoms with Crippen molar-refractivity contribution in [3.63, 3.8) is 0 Å². The minimum Gasteiger partial charge on any atom is -0.443 e. The van der Waals surface area contributed by atoms with Crippen molar-refractivity contribution in [1.82, 2.24) is 15.0 Å². The van der Waals surface area contributed by atoms with Gasteiger partial charge in [0.1, 0.15) is 32.9 Å². The van der Waals surface area contributed by atoms with E-state index in [1.807, 2.05) is 41.5 Å². The summed E-state index contributed by atoms with van der Waals surface area (Å²) >= 11 is 6.58. The highest BCUT2D eigenvalue weighted by Gasteiger charge is 2.32. The highest BCUT2D eigenvalue weighted by molar-refractivity contribution is 9.11. The van der Waals surface area contributed by atoms with E-state index < -0.39 is 4.92 Å². The number of hydrogen-bond acceptors (Lipinski definition) is 7. The SMILES string of the molecule is CC(C)(C)c1coc(-c2nc(-c3nc(C(C)(C)C)co3)c(Br)c([N+](=O)[O-])c2Br)n1. The van der Waals surface area contributed by atoms with Gasteiger partial charge in [0, 0.05) is 10.8 Å². The number of hydrogen-bond donors (Lipinski definition) is 0. The molecule has 0 spiro atoms. The summed E-state index contributed by atoms with van der Waals surface area (Å²) in [4.78, 5) is 24.7. The van der Waals surface area contributed by atoms with Crippen molar-refractivity contribution in [2.45, 2.75) is 52.4 Å². The maximum atomic E-state index is 11.8. The van der Waals surface area contributed by atoms with E-state index in [0.29, 0.717) is 11.4 Å². The van der Waals surface area contributed by atoms with Crippen LogP contribution in [0.25, 0.3) is 23.2 Å². The number of nitro groups is 1. The van der Waals surface area contributed by atoms with Crippen LogP contribution in [0.3, 0.4) is 0 Å². The van der Waals surface area contributed by atoms with Gasteiger partial charge in [-0.1, -0.05) is 41.5 Å². The monoisotopic (exact) mass is 526 g/mol. The molecule has 0 bridgehead atoms. The molecular formula is C19H20Br2N4O4. The summed E-state index contributed by atoms with van der Waals surface area (Å²) in [7, 11) is 0. The van der Waals surface area contributed by atoms with Gasteiger partial charge in [0.2, 0.25) is 11.8 Å². The first-order valence-corrected chi connectivity index (χ1v) is 10.4. The summed E-state index contributed by atoms with van der Waals surface area (Å²) in [5.41, 5.74) is 1.10. The Morgan fingerprint density at radius 3 is 1.48 bits per heavy atom. The van der Waals surface area contributed by atoms with Gasteiger partial charge in [-0.2, -0.15) is 0 Å². The molecule has 0 saturated carbocycles. The second kappa shape index (κ2) is 7.32. The number of nitrogens with zero attached hydrogens (tertiary/aromatic N) is 4. The summed E-state index contributed by atoms with van der Waals surface area (Å²) in [5, 5.41) is 11.8. The number of rotatable bonds is 3. The van der Waals surface area contributed by atoms with E-state index in [4.69, 9.17) is 8.83 Å². The summed E-state index contributed by atoms with van der Waals surface area (Å²) in [5.74, 6) is 0.336. The van der Waals surface area contributed by atoms with Crippen LogP contribution in [-0.4, -0.2) is 19.9 Å².